The zero-order valence-corrected chi connectivity index (χ0v) is 9.73. The van der Waals surface area contributed by atoms with Crippen molar-refractivity contribution in [3.05, 3.63) is 47.4 Å². The van der Waals surface area contributed by atoms with Gasteiger partial charge in [-0.15, -0.1) is 0 Å². The van der Waals surface area contributed by atoms with Crippen LogP contribution in [0, 0.1) is 18.3 Å². The van der Waals surface area contributed by atoms with Gasteiger partial charge < -0.3 is 15.5 Å². The Morgan fingerprint density at radius 2 is 2.22 bits per heavy atom. The van der Waals surface area contributed by atoms with Crippen LogP contribution in [-0.4, -0.2) is 5.91 Å². The molecule has 0 atom stereocenters. The second-order valence-electron chi connectivity index (χ2n) is 3.80. The molecule has 90 valence electrons. The number of nitrogen functional groups attached to an aromatic ring is 1. The molecule has 18 heavy (non-hydrogen) atoms. The van der Waals surface area contributed by atoms with Crippen LogP contribution in [-0.2, 0) is 0 Å². The molecule has 2 aromatic rings. The van der Waals surface area contributed by atoms with Crippen molar-refractivity contribution in [1.29, 1.82) is 5.26 Å². The Kier molecular flexibility index (Phi) is 3.02. The lowest BCUT2D eigenvalue weighted by Crippen LogP contribution is -2.13. The molecule has 0 radical (unpaired) electrons. The highest BCUT2D eigenvalue weighted by Gasteiger charge is 2.13. The van der Waals surface area contributed by atoms with Crippen molar-refractivity contribution in [2.24, 2.45) is 0 Å². The standard InChI is InChI=1S/C13H11N3O2/c1-8-4-5-18-12(8)13(17)16-11-3-2-9(7-14)6-10(11)15/h2-6H,15H2,1H3,(H,16,17). The highest BCUT2D eigenvalue weighted by molar-refractivity contribution is 6.04. The number of rotatable bonds is 2. The Hall–Kier alpha value is -2.74. The first-order valence-corrected chi connectivity index (χ1v) is 5.27. The summed E-state index contributed by atoms with van der Waals surface area (Å²) in [5.41, 5.74) is 7.73. The van der Waals surface area contributed by atoms with E-state index in [2.05, 4.69) is 5.32 Å². The van der Waals surface area contributed by atoms with Crippen LogP contribution in [0.1, 0.15) is 21.7 Å². The van der Waals surface area contributed by atoms with Crippen LogP contribution >= 0.6 is 0 Å². The van der Waals surface area contributed by atoms with Crippen molar-refractivity contribution in [2.75, 3.05) is 11.1 Å². The third-order valence-electron chi connectivity index (χ3n) is 2.50. The van der Waals surface area contributed by atoms with Gasteiger partial charge in [0.25, 0.3) is 5.91 Å². The Labute approximate surface area is 104 Å². The van der Waals surface area contributed by atoms with Crippen LogP contribution in [0.4, 0.5) is 11.4 Å². The van der Waals surface area contributed by atoms with Crippen molar-refractivity contribution in [3.8, 4) is 6.07 Å². The van der Waals surface area contributed by atoms with Crippen LogP contribution in [0.5, 0.6) is 0 Å². The number of nitriles is 1. The summed E-state index contributed by atoms with van der Waals surface area (Å²) in [6.45, 7) is 1.78. The zero-order chi connectivity index (χ0) is 13.1. The summed E-state index contributed by atoms with van der Waals surface area (Å²) in [6, 6.07) is 8.36. The van der Waals surface area contributed by atoms with Gasteiger partial charge in [0.1, 0.15) is 0 Å². The molecule has 3 N–H and O–H groups in total. The van der Waals surface area contributed by atoms with Crippen molar-refractivity contribution in [1.82, 2.24) is 0 Å². The fraction of sp³-hybridized carbons (Fsp3) is 0.0769. The van der Waals surface area contributed by atoms with Gasteiger partial charge in [0.05, 0.1) is 29.3 Å². The van der Waals surface area contributed by atoms with Crippen LogP contribution < -0.4 is 11.1 Å². The SMILES string of the molecule is Cc1ccoc1C(=O)Nc1ccc(C#N)cc1N. The normalized spacial score (nSPS) is 9.78. The summed E-state index contributed by atoms with van der Waals surface area (Å²) in [7, 11) is 0. The van der Waals surface area contributed by atoms with Crippen LogP contribution in [0.2, 0.25) is 0 Å². The molecule has 0 aliphatic carbocycles. The van der Waals surface area contributed by atoms with E-state index in [4.69, 9.17) is 15.4 Å². The van der Waals surface area contributed by atoms with E-state index in [1.807, 2.05) is 6.07 Å². The van der Waals surface area contributed by atoms with E-state index in [9.17, 15) is 4.79 Å². The number of nitrogens with zero attached hydrogens (tertiary/aromatic N) is 1. The number of furan rings is 1. The highest BCUT2D eigenvalue weighted by atomic mass is 16.3. The molecule has 1 heterocycles. The molecule has 0 aliphatic rings. The molecule has 5 heteroatoms. The predicted molar refractivity (Wildman–Crippen MR) is 67.0 cm³/mol. The quantitative estimate of drug-likeness (QED) is 0.789. The van der Waals surface area contributed by atoms with Crippen LogP contribution in [0.15, 0.2) is 34.9 Å². The number of hydrogen-bond donors (Lipinski definition) is 2. The molecule has 0 aliphatic heterocycles. The summed E-state index contributed by atoms with van der Waals surface area (Å²) < 4.78 is 5.08. The van der Waals surface area contributed by atoms with Gasteiger partial charge in [-0.3, -0.25) is 4.79 Å². The number of benzene rings is 1. The van der Waals surface area contributed by atoms with Gasteiger partial charge in [-0.05, 0) is 31.2 Å². The number of nitrogens with two attached hydrogens (primary N) is 1. The molecule has 1 aromatic carbocycles. The van der Waals surface area contributed by atoms with Crippen molar-refractivity contribution < 1.29 is 9.21 Å². The maximum absolute atomic E-state index is 11.9. The second kappa shape index (κ2) is 4.63. The van der Waals surface area contributed by atoms with Gasteiger partial charge in [-0.2, -0.15) is 5.26 Å². The molecule has 0 spiro atoms. The second-order valence-corrected chi connectivity index (χ2v) is 3.80. The number of hydrogen-bond acceptors (Lipinski definition) is 4. The summed E-state index contributed by atoms with van der Waals surface area (Å²) in [4.78, 5) is 11.9. The van der Waals surface area contributed by atoms with Crippen LogP contribution in [0.3, 0.4) is 0 Å². The minimum Gasteiger partial charge on any atom is -0.459 e. The lowest BCUT2D eigenvalue weighted by atomic mass is 10.2. The third kappa shape index (κ3) is 2.18. The van der Waals surface area contributed by atoms with Crippen LogP contribution in [0.25, 0.3) is 0 Å². The van der Waals surface area contributed by atoms with E-state index in [0.717, 1.165) is 5.56 Å². The van der Waals surface area contributed by atoms with Gasteiger partial charge in [0.15, 0.2) is 5.76 Å². The molecule has 0 saturated carbocycles. The summed E-state index contributed by atoms with van der Waals surface area (Å²) in [5, 5.41) is 11.4. The molecule has 2 rings (SSSR count). The van der Waals surface area contributed by atoms with Gasteiger partial charge in [-0.25, -0.2) is 0 Å². The maximum Gasteiger partial charge on any atom is 0.291 e. The lowest BCUT2D eigenvalue weighted by molar-refractivity contribution is 0.0996. The average Bonchev–Trinajstić information content (AvgIpc) is 2.78. The Balaban J connectivity index is 2.23. The number of amides is 1. The lowest BCUT2D eigenvalue weighted by Gasteiger charge is -2.07. The van der Waals surface area contributed by atoms with E-state index >= 15 is 0 Å². The molecule has 0 bridgehead atoms. The number of anilines is 2. The predicted octanol–water partition coefficient (Wildman–Crippen LogP) is 2.29. The Morgan fingerprint density at radius 3 is 2.78 bits per heavy atom. The smallest absolute Gasteiger partial charge is 0.291 e. The first kappa shape index (κ1) is 11.7. The van der Waals surface area contributed by atoms with E-state index < -0.39 is 0 Å². The minimum absolute atomic E-state index is 0.249. The number of aryl methyl sites for hydroxylation is 1. The molecule has 0 fully saturated rings. The first-order chi connectivity index (χ1) is 8.61. The fourth-order valence-electron chi connectivity index (χ4n) is 1.53. The van der Waals surface area contributed by atoms with E-state index in [0.29, 0.717) is 16.9 Å². The van der Waals surface area contributed by atoms with Crippen molar-refractivity contribution in [2.45, 2.75) is 6.92 Å². The monoisotopic (exact) mass is 241 g/mol. The molecule has 1 aromatic heterocycles. The van der Waals surface area contributed by atoms with E-state index in [1.54, 1.807) is 25.1 Å². The topological polar surface area (TPSA) is 92.0 Å². The number of carbonyl (C=O) groups excluding carboxylic acids is 1. The van der Waals surface area contributed by atoms with Gasteiger partial charge in [0.2, 0.25) is 0 Å². The summed E-state index contributed by atoms with van der Waals surface area (Å²) >= 11 is 0. The van der Waals surface area contributed by atoms with Crippen molar-refractivity contribution >= 4 is 17.3 Å². The molecule has 0 unspecified atom stereocenters. The molecule has 0 saturated heterocycles. The summed E-state index contributed by atoms with van der Waals surface area (Å²) in [6.07, 6.45) is 1.45. The molecular formula is C13H11N3O2. The molecule has 1 amide bonds. The minimum atomic E-state index is -0.367. The van der Waals surface area contributed by atoms with Crippen molar-refractivity contribution in [3.63, 3.8) is 0 Å². The highest BCUT2D eigenvalue weighted by Crippen LogP contribution is 2.21. The zero-order valence-electron chi connectivity index (χ0n) is 9.73. The fourth-order valence-corrected chi connectivity index (χ4v) is 1.53. The maximum atomic E-state index is 11.9. The Morgan fingerprint density at radius 1 is 1.44 bits per heavy atom. The largest absolute Gasteiger partial charge is 0.459 e. The van der Waals surface area contributed by atoms with E-state index in [1.165, 1.54) is 12.3 Å². The number of nitrogens with one attached hydrogen (secondary N) is 1. The van der Waals surface area contributed by atoms with Gasteiger partial charge in [-0.1, -0.05) is 0 Å². The average molecular weight is 241 g/mol. The molecule has 5 nitrogen and oxygen atoms in total. The van der Waals surface area contributed by atoms with E-state index in [-0.39, 0.29) is 11.7 Å². The summed E-state index contributed by atoms with van der Waals surface area (Å²) in [5.74, 6) is -0.118. The Bertz CT molecular complexity index is 638. The molecular weight excluding hydrogens is 230 g/mol. The number of carbonyl (C=O) groups is 1. The first-order valence-electron chi connectivity index (χ1n) is 5.27. The third-order valence-corrected chi connectivity index (χ3v) is 2.50. The van der Waals surface area contributed by atoms with Gasteiger partial charge in [0, 0.05) is 5.56 Å². The van der Waals surface area contributed by atoms with Gasteiger partial charge >= 0.3 is 0 Å².